The molecule has 0 aromatic heterocycles. The quantitative estimate of drug-likeness (QED) is 0.319. The minimum Gasteiger partial charge on any atom is -0.444 e. The molecule has 0 unspecified atom stereocenters. The van der Waals surface area contributed by atoms with Gasteiger partial charge in [0.1, 0.15) is 5.60 Å². The highest BCUT2D eigenvalue weighted by molar-refractivity contribution is 6.30. The van der Waals surface area contributed by atoms with Gasteiger partial charge in [0, 0.05) is 61.8 Å². The van der Waals surface area contributed by atoms with E-state index in [4.69, 9.17) is 16.3 Å². The van der Waals surface area contributed by atoms with E-state index in [-0.39, 0.29) is 24.1 Å². The number of hydrogen-bond acceptors (Lipinski definition) is 4. The van der Waals surface area contributed by atoms with Gasteiger partial charge in [-0.1, -0.05) is 23.7 Å². The number of amides is 2. The van der Waals surface area contributed by atoms with Crippen LogP contribution in [0.15, 0.2) is 42.5 Å². The third kappa shape index (κ3) is 8.18. The van der Waals surface area contributed by atoms with E-state index in [0.29, 0.717) is 62.6 Å². The molecule has 13 heteroatoms. The van der Waals surface area contributed by atoms with Gasteiger partial charge < -0.3 is 14.5 Å². The van der Waals surface area contributed by atoms with Crippen LogP contribution >= 0.6 is 11.6 Å². The lowest BCUT2D eigenvalue weighted by molar-refractivity contribution is -0.143. The first kappa shape index (κ1) is 33.9. The highest BCUT2D eigenvalue weighted by Crippen LogP contribution is 2.38. The van der Waals surface area contributed by atoms with Crippen LogP contribution in [0.2, 0.25) is 5.02 Å². The number of piperidine rings is 2. The van der Waals surface area contributed by atoms with Gasteiger partial charge >= 0.3 is 18.4 Å². The predicted molar refractivity (Wildman–Crippen MR) is 154 cm³/mol. The monoisotopic (exact) mass is 647 g/mol. The summed E-state index contributed by atoms with van der Waals surface area (Å²) in [5, 5.41) is 0.501. The van der Waals surface area contributed by atoms with Crippen LogP contribution in [0.4, 0.5) is 31.1 Å². The number of benzene rings is 2. The summed E-state index contributed by atoms with van der Waals surface area (Å²) >= 11 is 6.11. The van der Waals surface area contributed by atoms with E-state index >= 15 is 0 Å². The maximum absolute atomic E-state index is 13.5. The highest BCUT2D eigenvalue weighted by atomic mass is 35.5. The van der Waals surface area contributed by atoms with Crippen LogP contribution in [-0.2, 0) is 17.1 Å². The lowest BCUT2D eigenvalue weighted by atomic mass is 9.83. The number of carbonyl (C=O) groups excluding carboxylic acids is 2. The summed E-state index contributed by atoms with van der Waals surface area (Å²) in [5.74, 6) is -1.23. The van der Waals surface area contributed by atoms with Crippen molar-refractivity contribution in [2.75, 3.05) is 33.2 Å². The van der Waals surface area contributed by atoms with E-state index in [1.165, 1.54) is 11.9 Å². The van der Waals surface area contributed by atoms with Crippen molar-refractivity contribution < 1.29 is 40.7 Å². The average molecular weight is 648 g/mol. The van der Waals surface area contributed by atoms with Crippen molar-refractivity contribution in [2.24, 2.45) is 0 Å². The number of carbonyl (C=O) groups is 2. The van der Waals surface area contributed by atoms with E-state index < -0.39 is 46.6 Å². The summed E-state index contributed by atoms with van der Waals surface area (Å²) in [5.41, 5.74) is -3.51. The zero-order chi connectivity index (χ0) is 32.6. The van der Waals surface area contributed by atoms with Crippen molar-refractivity contribution in [2.45, 2.75) is 76.0 Å². The van der Waals surface area contributed by atoms with Gasteiger partial charge in [-0.15, -0.1) is 0 Å². The van der Waals surface area contributed by atoms with E-state index in [1.54, 1.807) is 17.0 Å². The van der Waals surface area contributed by atoms with Crippen molar-refractivity contribution in [3.05, 3.63) is 69.7 Å². The number of halogens is 7. The zero-order valence-corrected chi connectivity index (χ0v) is 25.7. The fourth-order valence-electron chi connectivity index (χ4n) is 5.97. The number of nitrogens with zero attached hydrogens (tertiary/aromatic N) is 3. The Morgan fingerprint density at radius 3 is 1.91 bits per heavy atom. The Bertz CT molecular complexity index is 1300. The first-order chi connectivity index (χ1) is 20.3. The van der Waals surface area contributed by atoms with Gasteiger partial charge in [-0.25, -0.2) is 4.79 Å². The maximum Gasteiger partial charge on any atom is 0.416 e. The molecule has 0 spiro atoms. The van der Waals surface area contributed by atoms with Crippen LogP contribution < -0.4 is 0 Å². The molecule has 0 bridgehead atoms. The topological polar surface area (TPSA) is 53.1 Å². The van der Waals surface area contributed by atoms with Crippen molar-refractivity contribution in [3.8, 4) is 0 Å². The second-order valence-electron chi connectivity index (χ2n) is 12.4. The molecule has 2 atom stereocenters. The molecule has 2 fully saturated rings. The minimum absolute atomic E-state index is 0.0138. The molecule has 6 nitrogen and oxygen atoms in total. The normalized spacial score (nSPS) is 20.8. The summed E-state index contributed by atoms with van der Waals surface area (Å²) in [6.45, 7) is 7.51. The molecule has 2 saturated heterocycles. The lowest BCUT2D eigenvalue weighted by Crippen LogP contribution is -2.55. The molecule has 0 N–H and O–H groups in total. The second kappa shape index (κ2) is 12.8. The molecule has 2 aliphatic rings. The van der Waals surface area contributed by atoms with Gasteiger partial charge in [0.15, 0.2) is 0 Å². The Morgan fingerprint density at radius 2 is 1.41 bits per heavy atom. The Morgan fingerprint density at radius 1 is 0.864 bits per heavy atom. The molecule has 2 amide bonds. The van der Waals surface area contributed by atoms with Crippen molar-refractivity contribution in [3.63, 3.8) is 0 Å². The van der Waals surface area contributed by atoms with Crippen LogP contribution in [-0.4, -0.2) is 77.6 Å². The molecular formula is C31H36ClF6N3O3. The molecule has 2 aromatic carbocycles. The molecule has 0 saturated carbocycles. The van der Waals surface area contributed by atoms with Crippen LogP contribution in [0.5, 0.6) is 0 Å². The summed E-state index contributed by atoms with van der Waals surface area (Å²) in [4.78, 5) is 31.3. The van der Waals surface area contributed by atoms with Crippen LogP contribution in [0, 0.1) is 0 Å². The molecule has 0 radical (unpaired) electrons. The van der Waals surface area contributed by atoms with Gasteiger partial charge in [-0.3, -0.25) is 9.69 Å². The van der Waals surface area contributed by atoms with Crippen molar-refractivity contribution in [1.82, 2.24) is 14.7 Å². The Kier molecular flexibility index (Phi) is 9.85. The number of rotatable bonds is 4. The molecule has 0 aliphatic carbocycles. The summed E-state index contributed by atoms with van der Waals surface area (Å²) < 4.78 is 86.5. The standard InChI is InChI=1S/C31H36ClF6N3O3/c1-29(2,3)44-28(43)40-12-9-24(10-13-40)41-14-11-26(25(18-41)19-5-7-23(32)8-6-19)39(4)27(42)20-15-21(30(33,34)35)17-22(16-20)31(36,37)38/h5-8,15-17,24-26H,9-14,18H2,1-4H3/t25-,26+/m0/s1. The van der Waals surface area contributed by atoms with Crippen molar-refractivity contribution >= 4 is 23.6 Å². The third-order valence-electron chi connectivity index (χ3n) is 8.19. The van der Waals surface area contributed by atoms with Gasteiger partial charge in [-0.05, 0) is 75.9 Å². The van der Waals surface area contributed by atoms with Crippen LogP contribution in [0.25, 0.3) is 0 Å². The molecule has 44 heavy (non-hydrogen) atoms. The van der Waals surface area contributed by atoms with Crippen LogP contribution in [0.1, 0.15) is 73.0 Å². The Hall–Kier alpha value is -2.99. The fourth-order valence-corrected chi connectivity index (χ4v) is 6.10. The largest absolute Gasteiger partial charge is 0.444 e. The summed E-state index contributed by atoms with van der Waals surface area (Å²) in [7, 11) is 1.42. The predicted octanol–water partition coefficient (Wildman–Crippen LogP) is 7.71. The fraction of sp³-hybridized carbons (Fsp3) is 0.548. The maximum atomic E-state index is 13.5. The van der Waals surface area contributed by atoms with Gasteiger partial charge in [0.25, 0.3) is 5.91 Å². The highest BCUT2D eigenvalue weighted by Gasteiger charge is 2.41. The number of likely N-dealkylation sites (tertiary alicyclic amines) is 2. The zero-order valence-electron chi connectivity index (χ0n) is 24.9. The van der Waals surface area contributed by atoms with E-state index in [1.807, 2.05) is 32.9 Å². The first-order valence-corrected chi connectivity index (χ1v) is 14.8. The average Bonchev–Trinajstić information content (AvgIpc) is 2.94. The van der Waals surface area contributed by atoms with Gasteiger partial charge in [-0.2, -0.15) is 26.3 Å². The molecule has 2 heterocycles. The third-order valence-corrected chi connectivity index (χ3v) is 8.44. The van der Waals surface area contributed by atoms with Crippen LogP contribution in [0.3, 0.4) is 0 Å². The first-order valence-electron chi connectivity index (χ1n) is 14.4. The minimum atomic E-state index is -5.06. The second-order valence-corrected chi connectivity index (χ2v) is 12.9. The summed E-state index contributed by atoms with van der Waals surface area (Å²) in [6.07, 6.45) is -8.65. The molecule has 2 aromatic rings. The molecule has 242 valence electrons. The smallest absolute Gasteiger partial charge is 0.416 e. The number of hydrogen-bond donors (Lipinski definition) is 0. The number of ether oxygens (including phenoxy) is 1. The molecular weight excluding hydrogens is 612 g/mol. The van der Waals surface area contributed by atoms with Gasteiger partial charge in [0.05, 0.1) is 11.1 Å². The van der Waals surface area contributed by atoms with E-state index in [9.17, 15) is 35.9 Å². The number of likely N-dealkylation sites (N-methyl/N-ethyl adjacent to an activating group) is 1. The SMILES string of the molecule is CN(C(=O)c1cc(C(F)(F)F)cc(C(F)(F)F)c1)[C@@H]1CCN(C2CCN(C(=O)OC(C)(C)C)CC2)C[C@H]1c1ccc(Cl)cc1. The van der Waals surface area contributed by atoms with E-state index in [0.717, 1.165) is 5.56 Å². The number of alkyl halides is 6. The molecule has 2 aliphatic heterocycles. The van der Waals surface area contributed by atoms with Gasteiger partial charge in [0.2, 0.25) is 0 Å². The Labute approximate surface area is 257 Å². The Balaban J connectivity index is 1.56. The van der Waals surface area contributed by atoms with Crippen molar-refractivity contribution in [1.29, 1.82) is 0 Å². The lowest BCUT2D eigenvalue weighted by Gasteiger charge is -2.47. The molecule has 4 rings (SSSR count). The summed E-state index contributed by atoms with van der Waals surface area (Å²) in [6, 6.07) is 7.64. The van der Waals surface area contributed by atoms with E-state index in [2.05, 4.69) is 4.90 Å².